The molecule has 15 heteroatoms. The average molecular weight is 857 g/mol. The highest BCUT2D eigenvalue weighted by molar-refractivity contribution is 14.1. The monoisotopic (exact) mass is 856 g/mol. The molecule has 0 aliphatic carbocycles. The number of morpholine rings is 1. The molecule has 274 valence electrons. The molecule has 1 aromatic heterocycles. The second-order valence-corrected chi connectivity index (χ2v) is 16.2. The average Bonchev–Trinajstić information content (AvgIpc) is 3.63. The predicted octanol–water partition coefficient (Wildman–Crippen LogP) is 5.83. The summed E-state index contributed by atoms with van der Waals surface area (Å²) in [6.07, 6.45) is 0. The Labute approximate surface area is 322 Å². The van der Waals surface area contributed by atoms with E-state index >= 15 is 8.42 Å². The molecule has 1 aliphatic heterocycles. The van der Waals surface area contributed by atoms with E-state index in [1.165, 1.54) is 16.1 Å². The Morgan fingerprint density at radius 2 is 1.33 bits per heavy atom. The van der Waals surface area contributed by atoms with Gasteiger partial charge in [-0.15, -0.1) is 16.9 Å². The van der Waals surface area contributed by atoms with E-state index in [9.17, 15) is 0 Å². The van der Waals surface area contributed by atoms with Gasteiger partial charge in [0.05, 0.1) is 46.7 Å². The maximum atomic E-state index is 15.4. The van der Waals surface area contributed by atoms with E-state index in [1.807, 2.05) is 84.9 Å². The molecule has 12 nitrogen and oxygen atoms in total. The van der Waals surface area contributed by atoms with Crippen LogP contribution in [0.1, 0.15) is 16.7 Å². The van der Waals surface area contributed by atoms with Crippen LogP contribution in [0.5, 0.6) is 17.2 Å². The third kappa shape index (κ3) is 9.24. The van der Waals surface area contributed by atoms with Crippen molar-refractivity contribution in [2.75, 3.05) is 59.9 Å². The van der Waals surface area contributed by atoms with E-state index in [1.54, 1.807) is 26.0 Å². The summed E-state index contributed by atoms with van der Waals surface area (Å²) in [4.78, 5) is 3.16. The number of sulfonamides is 1. The van der Waals surface area contributed by atoms with E-state index in [4.69, 9.17) is 18.9 Å². The third-order valence-electron chi connectivity index (χ3n) is 8.72. The minimum Gasteiger partial charge on any atom is -0.497 e. The number of benzene rings is 4. The van der Waals surface area contributed by atoms with Crippen LogP contribution in [0.25, 0.3) is 11.4 Å². The van der Waals surface area contributed by atoms with Gasteiger partial charge in [0.25, 0.3) is 0 Å². The quantitative estimate of drug-likeness (QED) is 0.0881. The molecule has 1 fully saturated rings. The number of aromatic nitrogens is 4. The fourth-order valence-corrected chi connectivity index (χ4v) is 9.86. The topological polar surface area (TPSA) is 121 Å². The Balaban J connectivity index is 1.45. The van der Waals surface area contributed by atoms with E-state index < -0.39 is 10.0 Å². The first-order valence-corrected chi connectivity index (χ1v) is 20.2. The first-order chi connectivity index (χ1) is 25.3. The van der Waals surface area contributed by atoms with Gasteiger partial charge in [-0.3, -0.25) is 4.90 Å². The molecule has 5 aromatic rings. The van der Waals surface area contributed by atoms with Gasteiger partial charge in [-0.05, 0) is 98.2 Å². The smallest absolute Gasteiger partial charge is 0.245 e. The Hall–Kier alpha value is -3.74. The van der Waals surface area contributed by atoms with Gasteiger partial charge >= 0.3 is 0 Å². The molecule has 1 saturated heterocycles. The standard InChI is InChI=1S/C37H41IN6O6S2/c1-47-30-10-4-27(5-11-30)24-43(25-28-6-12-31(48-2)13-7-28)52(45,46)36-34(51-23-20-42-18-21-50-22-19-42)17-16-33(38)35(36)37-39-40-41-44(37)26-29-8-14-32(49-3)15-9-29/h4-17H,18-26H2,1-3H3. The van der Waals surface area contributed by atoms with E-state index in [-0.39, 0.29) is 18.0 Å². The molecule has 0 radical (unpaired) electrons. The Morgan fingerprint density at radius 1 is 0.788 bits per heavy atom. The van der Waals surface area contributed by atoms with Gasteiger partial charge in [0.15, 0.2) is 5.82 Å². The van der Waals surface area contributed by atoms with Crippen molar-refractivity contribution in [2.24, 2.45) is 0 Å². The second kappa shape index (κ2) is 17.9. The number of ether oxygens (including phenoxy) is 4. The van der Waals surface area contributed by atoms with E-state index in [0.29, 0.717) is 56.9 Å². The summed E-state index contributed by atoms with van der Waals surface area (Å²) in [5.74, 6) is 3.17. The number of tetrazole rings is 1. The lowest BCUT2D eigenvalue weighted by molar-refractivity contribution is 0.0410. The zero-order valence-corrected chi connectivity index (χ0v) is 33.1. The minimum atomic E-state index is -4.21. The van der Waals surface area contributed by atoms with Gasteiger partial charge in [-0.2, -0.15) is 4.31 Å². The SMILES string of the molecule is COc1ccc(CN(Cc2ccc(OC)cc2)S(=O)(=O)c2c(SCCN3CCOCC3)ccc(I)c2-c2nnnn2Cc2ccc(OC)cc2)cc1. The summed E-state index contributed by atoms with van der Waals surface area (Å²) in [7, 11) is 0.627. The first-order valence-electron chi connectivity index (χ1n) is 16.7. The largest absolute Gasteiger partial charge is 0.497 e. The highest BCUT2D eigenvalue weighted by atomic mass is 127. The number of halogens is 1. The zero-order valence-electron chi connectivity index (χ0n) is 29.3. The van der Waals surface area contributed by atoms with Crippen LogP contribution < -0.4 is 14.2 Å². The van der Waals surface area contributed by atoms with Crippen molar-refractivity contribution in [3.8, 4) is 28.6 Å². The van der Waals surface area contributed by atoms with Gasteiger partial charge in [0.2, 0.25) is 10.0 Å². The molecule has 0 unspecified atom stereocenters. The summed E-state index contributed by atoms with van der Waals surface area (Å²) in [5, 5.41) is 12.8. The molecule has 0 amide bonds. The highest BCUT2D eigenvalue weighted by Crippen LogP contribution is 2.40. The van der Waals surface area contributed by atoms with Crippen LogP contribution >= 0.6 is 34.4 Å². The van der Waals surface area contributed by atoms with Gasteiger partial charge in [-0.1, -0.05) is 36.4 Å². The van der Waals surface area contributed by atoms with Gasteiger partial charge in [-0.25, -0.2) is 13.1 Å². The van der Waals surface area contributed by atoms with Crippen LogP contribution in [-0.2, 0) is 34.4 Å². The minimum absolute atomic E-state index is 0.123. The van der Waals surface area contributed by atoms with Crippen molar-refractivity contribution < 1.29 is 27.4 Å². The third-order valence-corrected chi connectivity index (χ3v) is 12.7. The summed E-state index contributed by atoms with van der Waals surface area (Å²) < 4.78 is 56.4. The number of thioether (sulfide) groups is 1. The van der Waals surface area contributed by atoms with Crippen molar-refractivity contribution in [1.29, 1.82) is 0 Å². The molecule has 0 bridgehead atoms. The van der Waals surface area contributed by atoms with Crippen LogP contribution in [-0.4, -0.2) is 97.8 Å². The molecule has 1 aliphatic rings. The lowest BCUT2D eigenvalue weighted by atomic mass is 10.2. The summed E-state index contributed by atoms with van der Waals surface area (Å²) in [6, 6.07) is 26.4. The van der Waals surface area contributed by atoms with Crippen LogP contribution in [0.4, 0.5) is 0 Å². The first kappa shape index (κ1) is 38.0. The van der Waals surface area contributed by atoms with Crippen molar-refractivity contribution >= 4 is 44.4 Å². The number of rotatable bonds is 16. The molecular formula is C37H41IN6O6S2. The maximum Gasteiger partial charge on any atom is 0.245 e. The molecule has 52 heavy (non-hydrogen) atoms. The van der Waals surface area contributed by atoms with Crippen molar-refractivity contribution in [2.45, 2.75) is 29.4 Å². The molecule has 0 saturated carbocycles. The highest BCUT2D eigenvalue weighted by Gasteiger charge is 2.34. The van der Waals surface area contributed by atoms with Gasteiger partial charge in [0.1, 0.15) is 22.1 Å². The number of methoxy groups -OCH3 is 3. The molecule has 6 rings (SSSR count). The molecule has 0 N–H and O–H groups in total. The van der Waals surface area contributed by atoms with Crippen LogP contribution in [0.15, 0.2) is 94.7 Å². The van der Waals surface area contributed by atoms with Crippen molar-refractivity contribution in [3.63, 3.8) is 0 Å². The summed E-state index contributed by atoms with van der Waals surface area (Å²) in [6.45, 7) is 4.46. The Kier molecular flexibility index (Phi) is 13.0. The lowest BCUT2D eigenvalue weighted by Gasteiger charge is -2.27. The molecule has 0 spiro atoms. The van der Waals surface area contributed by atoms with Crippen molar-refractivity contribution in [1.82, 2.24) is 29.4 Å². The lowest BCUT2D eigenvalue weighted by Crippen LogP contribution is -2.37. The molecule has 2 heterocycles. The normalized spacial score (nSPS) is 13.7. The fraction of sp³-hybridized carbons (Fsp3) is 0.324. The number of hydrogen-bond acceptors (Lipinski definition) is 11. The van der Waals surface area contributed by atoms with Crippen LogP contribution in [0, 0.1) is 3.57 Å². The fourth-order valence-electron chi connectivity index (χ4n) is 5.85. The second-order valence-electron chi connectivity index (χ2n) is 12.0. The van der Waals surface area contributed by atoms with E-state index in [2.05, 4.69) is 43.0 Å². The van der Waals surface area contributed by atoms with Crippen LogP contribution in [0.2, 0.25) is 0 Å². The molecule has 4 aromatic carbocycles. The zero-order chi connectivity index (χ0) is 36.5. The molecular weight excluding hydrogens is 815 g/mol. The number of nitrogens with zero attached hydrogens (tertiary/aromatic N) is 6. The van der Waals surface area contributed by atoms with Crippen LogP contribution in [0.3, 0.4) is 0 Å². The van der Waals surface area contributed by atoms with E-state index in [0.717, 1.165) is 42.1 Å². The maximum absolute atomic E-state index is 15.4. The number of hydrogen-bond donors (Lipinski definition) is 0. The summed E-state index contributed by atoms with van der Waals surface area (Å²) in [5.41, 5.74) is 3.03. The van der Waals surface area contributed by atoms with Gasteiger partial charge in [0, 0.05) is 46.9 Å². The Morgan fingerprint density at radius 3 is 1.87 bits per heavy atom. The molecule has 0 atom stereocenters. The Bertz CT molecular complexity index is 1970. The summed E-state index contributed by atoms with van der Waals surface area (Å²) >= 11 is 3.72. The van der Waals surface area contributed by atoms with Gasteiger partial charge < -0.3 is 18.9 Å². The predicted molar refractivity (Wildman–Crippen MR) is 208 cm³/mol. The van der Waals surface area contributed by atoms with Crippen molar-refractivity contribution in [3.05, 3.63) is 105 Å².